The quantitative estimate of drug-likeness (QED) is 0.574. The van der Waals surface area contributed by atoms with E-state index in [-0.39, 0.29) is 18.3 Å². The molecule has 0 aromatic rings. The third-order valence-corrected chi connectivity index (χ3v) is 1.15. The first kappa shape index (κ1) is 11.4. The van der Waals surface area contributed by atoms with Crippen molar-refractivity contribution < 1.29 is 14.6 Å². The highest BCUT2D eigenvalue weighted by atomic mass is 16.5. The van der Waals surface area contributed by atoms with Crippen LogP contribution in [0.4, 0.5) is 0 Å². The van der Waals surface area contributed by atoms with Gasteiger partial charge in [0.1, 0.15) is 0 Å². The van der Waals surface area contributed by atoms with Gasteiger partial charge in [-0.05, 0) is 20.8 Å². The lowest BCUT2D eigenvalue weighted by molar-refractivity contribution is -0.112. The van der Waals surface area contributed by atoms with Crippen LogP contribution in [0.5, 0.6) is 0 Å². The molecule has 0 aliphatic heterocycles. The fourth-order valence-electron chi connectivity index (χ4n) is 0.823. The maximum atomic E-state index is 9.94. The minimum absolute atomic E-state index is 0.0852. The summed E-state index contributed by atoms with van der Waals surface area (Å²) < 4.78 is 5.42. The van der Waals surface area contributed by atoms with Crippen molar-refractivity contribution in [2.45, 2.75) is 32.5 Å². The van der Waals surface area contributed by atoms with E-state index in [1.54, 1.807) is 0 Å². The first-order chi connectivity index (χ1) is 5.49. The second kappa shape index (κ2) is 5.11. The Hall–Kier alpha value is -0.610. The van der Waals surface area contributed by atoms with Gasteiger partial charge in [0.15, 0.2) is 0 Å². The zero-order valence-corrected chi connectivity index (χ0v) is 7.83. The number of hydrogen-bond donors (Lipinski definition) is 2. The number of carbonyl (C=O) groups is 1. The van der Waals surface area contributed by atoms with Crippen molar-refractivity contribution in [3.8, 4) is 0 Å². The van der Waals surface area contributed by atoms with Crippen molar-refractivity contribution in [1.82, 2.24) is 5.32 Å². The third kappa shape index (κ3) is 6.12. The van der Waals surface area contributed by atoms with Gasteiger partial charge in [0, 0.05) is 6.54 Å². The number of hydrogen-bond acceptors (Lipinski definition) is 3. The van der Waals surface area contributed by atoms with Gasteiger partial charge in [-0.2, -0.15) is 0 Å². The highest BCUT2D eigenvalue weighted by Crippen LogP contribution is 2.09. The molecule has 4 heteroatoms. The molecule has 4 nitrogen and oxygen atoms in total. The fraction of sp³-hybridized carbons (Fsp3) is 0.875. The number of aliphatic hydroxyl groups excluding tert-OH is 1. The summed E-state index contributed by atoms with van der Waals surface area (Å²) in [5.41, 5.74) is -0.294. The van der Waals surface area contributed by atoms with Gasteiger partial charge in [-0.3, -0.25) is 4.79 Å². The van der Waals surface area contributed by atoms with Crippen LogP contribution in [0.3, 0.4) is 0 Å². The Morgan fingerprint density at radius 1 is 1.58 bits per heavy atom. The highest BCUT2D eigenvalue weighted by Gasteiger charge is 2.17. The van der Waals surface area contributed by atoms with E-state index in [0.717, 1.165) is 0 Å². The number of ether oxygens (including phenoxy) is 1. The SMILES string of the molecule is CC(C)(C)O[C@@H](CO)CNC=O. The summed E-state index contributed by atoms with van der Waals surface area (Å²) in [6.07, 6.45) is 0.268. The third-order valence-electron chi connectivity index (χ3n) is 1.15. The fourth-order valence-corrected chi connectivity index (χ4v) is 0.823. The Morgan fingerprint density at radius 3 is 2.50 bits per heavy atom. The molecule has 0 saturated carbocycles. The molecule has 2 N–H and O–H groups in total. The van der Waals surface area contributed by atoms with Crippen LogP contribution in [0.1, 0.15) is 20.8 Å². The summed E-state index contributed by atoms with van der Waals surface area (Å²) in [5, 5.41) is 11.3. The Bertz CT molecular complexity index is 131. The first-order valence-corrected chi connectivity index (χ1v) is 3.95. The maximum absolute atomic E-state index is 9.94. The molecule has 0 rings (SSSR count). The summed E-state index contributed by atoms with van der Waals surface area (Å²) in [4.78, 5) is 9.94. The minimum Gasteiger partial charge on any atom is -0.394 e. The Morgan fingerprint density at radius 2 is 2.17 bits per heavy atom. The van der Waals surface area contributed by atoms with Gasteiger partial charge >= 0.3 is 0 Å². The van der Waals surface area contributed by atoms with E-state index in [0.29, 0.717) is 13.0 Å². The van der Waals surface area contributed by atoms with E-state index < -0.39 is 0 Å². The normalized spacial score (nSPS) is 14.0. The lowest BCUT2D eigenvalue weighted by Crippen LogP contribution is -2.37. The summed E-state index contributed by atoms with van der Waals surface area (Å²) in [5.74, 6) is 0. The Kier molecular flexibility index (Phi) is 4.85. The van der Waals surface area contributed by atoms with Crippen LogP contribution in [0.2, 0.25) is 0 Å². The molecular weight excluding hydrogens is 158 g/mol. The van der Waals surface area contributed by atoms with Crippen LogP contribution in [-0.4, -0.2) is 36.4 Å². The molecule has 0 aliphatic carbocycles. The molecule has 1 atom stereocenters. The number of rotatable bonds is 5. The monoisotopic (exact) mass is 175 g/mol. The molecule has 0 spiro atoms. The summed E-state index contributed by atoms with van der Waals surface area (Å²) >= 11 is 0. The van der Waals surface area contributed by atoms with Crippen molar-refractivity contribution in [3.05, 3.63) is 0 Å². The maximum Gasteiger partial charge on any atom is 0.207 e. The summed E-state index contributed by atoms with van der Waals surface area (Å²) in [6, 6.07) is 0. The van der Waals surface area contributed by atoms with Gasteiger partial charge in [-0.1, -0.05) is 0 Å². The highest BCUT2D eigenvalue weighted by molar-refractivity contribution is 5.45. The standard InChI is InChI=1S/C8H17NO3/c1-8(2,3)12-7(5-10)4-9-6-11/h6-7,10H,4-5H2,1-3H3,(H,9,11)/t7-/m1/s1. The van der Waals surface area contributed by atoms with E-state index in [9.17, 15) is 4.79 Å². The number of amides is 1. The molecule has 12 heavy (non-hydrogen) atoms. The lowest BCUT2D eigenvalue weighted by atomic mass is 10.2. The van der Waals surface area contributed by atoms with Crippen LogP contribution in [0.15, 0.2) is 0 Å². The first-order valence-electron chi connectivity index (χ1n) is 3.95. The van der Waals surface area contributed by atoms with E-state index in [1.165, 1.54) is 0 Å². The minimum atomic E-state index is -0.324. The van der Waals surface area contributed by atoms with E-state index in [1.807, 2.05) is 20.8 Å². The number of carbonyl (C=O) groups excluding carboxylic acids is 1. The van der Waals surface area contributed by atoms with Gasteiger partial charge in [-0.15, -0.1) is 0 Å². The molecule has 0 fully saturated rings. The topological polar surface area (TPSA) is 58.6 Å². The average Bonchev–Trinajstić information content (AvgIpc) is 1.95. The second-order valence-corrected chi connectivity index (χ2v) is 3.56. The Balaban J connectivity index is 3.74. The van der Waals surface area contributed by atoms with Gasteiger partial charge in [0.05, 0.1) is 18.3 Å². The molecule has 0 heterocycles. The van der Waals surface area contributed by atoms with Crippen molar-refractivity contribution in [3.63, 3.8) is 0 Å². The van der Waals surface area contributed by atoms with Crippen molar-refractivity contribution in [2.75, 3.05) is 13.2 Å². The molecule has 0 bridgehead atoms. The van der Waals surface area contributed by atoms with E-state index in [2.05, 4.69) is 5.32 Å². The van der Waals surface area contributed by atoms with Crippen molar-refractivity contribution in [1.29, 1.82) is 0 Å². The molecule has 0 radical (unpaired) electrons. The largest absolute Gasteiger partial charge is 0.394 e. The molecule has 0 aliphatic rings. The van der Waals surface area contributed by atoms with Crippen LogP contribution in [-0.2, 0) is 9.53 Å². The zero-order valence-electron chi connectivity index (χ0n) is 7.83. The molecular formula is C8H17NO3. The van der Waals surface area contributed by atoms with Crippen LogP contribution in [0, 0.1) is 0 Å². The molecule has 0 saturated heterocycles. The van der Waals surface area contributed by atoms with Gasteiger partial charge in [0.25, 0.3) is 0 Å². The van der Waals surface area contributed by atoms with Crippen LogP contribution in [0.25, 0.3) is 0 Å². The molecule has 0 aromatic carbocycles. The molecule has 72 valence electrons. The molecule has 1 amide bonds. The predicted octanol–water partition coefficient (Wildman–Crippen LogP) is -0.0916. The van der Waals surface area contributed by atoms with Crippen molar-refractivity contribution in [2.24, 2.45) is 0 Å². The van der Waals surface area contributed by atoms with Crippen LogP contribution < -0.4 is 5.32 Å². The average molecular weight is 175 g/mol. The predicted molar refractivity (Wildman–Crippen MR) is 45.8 cm³/mol. The summed E-state index contributed by atoms with van der Waals surface area (Å²) in [7, 11) is 0. The number of nitrogens with one attached hydrogen (secondary N) is 1. The second-order valence-electron chi connectivity index (χ2n) is 3.56. The molecule has 0 unspecified atom stereocenters. The van der Waals surface area contributed by atoms with Gasteiger partial charge < -0.3 is 15.2 Å². The van der Waals surface area contributed by atoms with Crippen LogP contribution >= 0.6 is 0 Å². The van der Waals surface area contributed by atoms with Crippen molar-refractivity contribution >= 4 is 6.41 Å². The Labute approximate surface area is 72.9 Å². The van der Waals surface area contributed by atoms with E-state index >= 15 is 0 Å². The zero-order chi connectivity index (χ0) is 9.61. The smallest absolute Gasteiger partial charge is 0.207 e. The van der Waals surface area contributed by atoms with Gasteiger partial charge in [-0.25, -0.2) is 0 Å². The van der Waals surface area contributed by atoms with Gasteiger partial charge in [0.2, 0.25) is 6.41 Å². The lowest BCUT2D eigenvalue weighted by Gasteiger charge is -2.25. The van der Waals surface area contributed by atoms with E-state index in [4.69, 9.17) is 9.84 Å². The summed E-state index contributed by atoms with van der Waals surface area (Å²) in [6.45, 7) is 5.96. The number of aliphatic hydroxyl groups is 1. The molecule has 0 aromatic heterocycles.